The van der Waals surface area contributed by atoms with E-state index in [1.54, 1.807) is 0 Å². The van der Waals surface area contributed by atoms with Crippen LogP contribution in [0.4, 0.5) is 5.69 Å². The Balaban J connectivity index is 2.11. The van der Waals surface area contributed by atoms with E-state index in [1.165, 1.54) is 0 Å². The molecule has 1 heterocycles. The number of aldehydes is 1. The van der Waals surface area contributed by atoms with Gasteiger partial charge in [0.1, 0.15) is 18.4 Å². The highest BCUT2D eigenvalue weighted by atomic mass is 16.6. The Morgan fingerprint density at radius 3 is 2.74 bits per heavy atom. The molecule has 1 unspecified atom stereocenters. The number of anilines is 1. The Hall–Kier alpha value is -1.84. The second-order valence-electron chi connectivity index (χ2n) is 5.77. The van der Waals surface area contributed by atoms with Crippen LogP contribution in [-0.2, 0) is 14.3 Å². The summed E-state index contributed by atoms with van der Waals surface area (Å²) in [7, 11) is 0. The first-order valence-electron chi connectivity index (χ1n) is 6.42. The predicted molar refractivity (Wildman–Crippen MR) is 73.3 cm³/mol. The molecule has 0 saturated heterocycles. The number of benzene rings is 1. The van der Waals surface area contributed by atoms with E-state index in [0.717, 1.165) is 17.5 Å². The van der Waals surface area contributed by atoms with Gasteiger partial charge in [-0.25, -0.2) is 0 Å². The lowest BCUT2D eigenvalue weighted by Crippen LogP contribution is -2.34. The summed E-state index contributed by atoms with van der Waals surface area (Å²) in [4.78, 5) is 24.9. The molecule has 4 nitrogen and oxygen atoms in total. The van der Waals surface area contributed by atoms with Gasteiger partial charge in [-0.1, -0.05) is 18.2 Å². The van der Waals surface area contributed by atoms with E-state index in [4.69, 9.17) is 4.74 Å². The Bertz CT molecular complexity index is 490. The molecule has 0 fully saturated rings. The highest BCUT2D eigenvalue weighted by molar-refractivity contribution is 5.81. The van der Waals surface area contributed by atoms with Crippen LogP contribution in [0.15, 0.2) is 24.3 Å². The van der Waals surface area contributed by atoms with Gasteiger partial charge in [0.2, 0.25) is 0 Å². The van der Waals surface area contributed by atoms with E-state index < -0.39 is 5.60 Å². The number of carbonyl (C=O) groups excluding carboxylic acids is 2. The van der Waals surface area contributed by atoms with Gasteiger partial charge in [-0.3, -0.25) is 4.79 Å². The van der Waals surface area contributed by atoms with Crippen molar-refractivity contribution in [1.82, 2.24) is 0 Å². The van der Waals surface area contributed by atoms with Gasteiger partial charge >= 0.3 is 5.97 Å². The van der Waals surface area contributed by atoms with Crippen LogP contribution in [0.1, 0.15) is 32.3 Å². The molecule has 0 N–H and O–H groups in total. The minimum Gasteiger partial charge on any atom is -0.459 e. The zero-order valence-corrected chi connectivity index (χ0v) is 11.6. The van der Waals surface area contributed by atoms with Crippen LogP contribution in [0.2, 0.25) is 0 Å². The molecule has 1 aromatic carbocycles. The van der Waals surface area contributed by atoms with Crippen molar-refractivity contribution in [3.63, 3.8) is 0 Å². The smallest absolute Gasteiger partial charge is 0.326 e. The summed E-state index contributed by atoms with van der Waals surface area (Å²) in [6.45, 7) is 6.26. The first kappa shape index (κ1) is 13.6. The van der Waals surface area contributed by atoms with Gasteiger partial charge in [0, 0.05) is 12.2 Å². The average Bonchev–Trinajstić information content (AvgIpc) is 2.65. The molecule has 0 spiro atoms. The van der Waals surface area contributed by atoms with Crippen molar-refractivity contribution in [3.05, 3.63) is 29.8 Å². The summed E-state index contributed by atoms with van der Waals surface area (Å²) >= 11 is 0. The largest absolute Gasteiger partial charge is 0.459 e. The van der Waals surface area contributed by atoms with E-state index in [2.05, 4.69) is 0 Å². The zero-order chi connectivity index (χ0) is 14.0. The number of ether oxygens (including phenoxy) is 1. The molecule has 1 atom stereocenters. The van der Waals surface area contributed by atoms with Gasteiger partial charge in [-0.05, 0) is 32.4 Å². The number of hydrogen-bond donors (Lipinski definition) is 0. The minimum atomic E-state index is -0.486. The van der Waals surface area contributed by atoms with Gasteiger partial charge in [-0.15, -0.1) is 0 Å². The SMILES string of the molecule is CC(C)(C)OC(=O)CN1CC(C=O)c2ccccc21. The number of nitrogens with zero attached hydrogens (tertiary/aromatic N) is 1. The van der Waals surface area contributed by atoms with Crippen LogP contribution in [0.3, 0.4) is 0 Å². The fourth-order valence-electron chi connectivity index (χ4n) is 2.32. The number of para-hydroxylation sites is 1. The monoisotopic (exact) mass is 261 g/mol. The number of carbonyl (C=O) groups is 2. The molecule has 4 heteroatoms. The first-order valence-corrected chi connectivity index (χ1v) is 6.42. The lowest BCUT2D eigenvalue weighted by atomic mass is 10.0. The molecule has 0 saturated carbocycles. The molecule has 0 aromatic heterocycles. The van der Waals surface area contributed by atoms with Gasteiger partial charge in [0.05, 0.1) is 5.92 Å². The summed E-state index contributed by atoms with van der Waals surface area (Å²) in [6, 6.07) is 7.69. The average molecular weight is 261 g/mol. The van der Waals surface area contributed by atoms with E-state index in [9.17, 15) is 9.59 Å². The first-order chi connectivity index (χ1) is 8.90. The molecule has 2 rings (SSSR count). The Labute approximate surface area is 113 Å². The van der Waals surface area contributed by atoms with Crippen molar-refractivity contribution in [3.8, 4) is 0 Å². The van der Waals surface area contributed by atoms with Crippen molar-refractivity contribution in [2.45, 2.75) is 32.3 Å². The molecule has 1 aliphatic heterocycles. The summed E-state index contributed by atoms with van der Waals surface area (Å²) in [5.41, 5.74) is 1.45. The summed E-state index contributed by atoms with van der Waals surface area (Å²) in [5.74, 6) is -0.424. The lowest BCUT2D eigenvalue weighted by Gasteiger charge is -2.23. The summed E-state index contributed by atoms with van der Waals surface area (Å²) in [5, 5.41) is 0. The van der Waals surface area contributed by atoms with Gasteiger partial charge in [0.25, 0.3) is 0 Å². The molecular weight excluding hydrogens is 242 g/mol. The molecule has 1 aliphatic rings. The summed E-state index contributed by atoms with van der Waals surface area (Å²) < 4.78 is 5.31. The Morgan fingerprint density at radius 1 is 1.42 bits per heavy atom. The Morgan fingerprint density at radius 2 is 2.11 bits per heavy atom. The van der Waals surface area contributed by atoms with Gasteiger partial charge in [0.15, 0.2) is 0 Å². The lowest BCUT2D eigenvalue weighted by molar-refractivity contribution is -0.153. The van der Waals surface area contributed by atoms with E-state index in [-0.39, 0.29) is 18.4 Å². The third-order valence-corrected chi connectivity index (χ3v) is 3.00. The Kier molecular flexibility index (Phi) is 3.60. The molecule has 0 amide bonds. The molecule has 19 heavy (non-hydrogen) atoms. The number of fused-ring (bicyclic) bond motifs is 1. The van der Waals surface area contributed by atoms with Crippen LogP contribution in [0.5, 0.6) is 0 Å². The van der Waals surface area contributed by atoms with Crippen molar-refractivity contribution < 1.29 is 14.3 Å². The number of rotatable bonds is 3. The summed E-state index contributed by atoms with van der Waals surface area (Å²) in [6.07, 6.45) is 0.938. The van der Waals surface area contributed by atoms with Crippen LogP contribution >= 0.6 is 0 Å². The second kappa shape index (κ2) is 5.03. The van der Waals surface area contributed by atoms with Crippen molar-refractivity contribution in [2.24, 2.45) is 0 Å². The normalized spacial score (nSPS) is 18.1. The topological polar surface area (TPSA) is 46.6 Å². The number of hydrogen-bond acceptors (Lipinski definition) is 4. The molecule has 0 aliphatic carbocycles. The van der Waals surface area contributed by atoms with Gasteiger partial charge in [-0.2, -0.15) is 0 Å². The minimum absolute atomic E-state index is 0.154. The van der Waals surface area contributed by atoms with Crippen molar-refractivity contribution in [2.75, 3.05) is 18.0 Å². The molecular formula is C15H19NO3. The molecule has 0 radical (unpaired) electrons. The fourth-order valence-corrected chi connectivity index (χ4v) is 2.32. The van der Waals surface area contributed by atoms with Crippen LogP contribution in [-0.4, -0.2) is 30.9 Å². The van der Waals surface area contributed by atoms with Crippen LogP contribution < -0.4 is 4.90 Å². The van der Waals surface area contributed by atoms with E-state index in [1.807, 2.05) is 49.9 Å². The van der Waals surface area contributed by atoms with Crippen molar-refractivity contribution in [1.29, 1.82) is 0 Å². The molecule has 0 bridgehead atoms. The molecule has 102 valence electrons. The van der Waals surface area contributed by atoms with Crippen LogP contribution in [0.25, 0.3) is 0 Å². The van der Waals surface area contributed by atoms with Gasteiger partial charge < -0.3 is 14.4 Å². The fraction of sp³-hybridized carbons (Fsp3) is 0.467. The zero-order valence-electron chi connectivity index (χ0n) is 11.6. The highest BCUT2D eigenvalue weighted by Crippen LogP contribution is 2.34. The third-order valence-electron chi connectivity index (χ3n) is 3.00. The quantitative estimate of drug-likeness (QED) is 0.617. The maximum Gasteiger partial charge on any atom is 0.326 e. The standard InChI is InChI=1S/C15H19NO3/c1-15(2,3)19-14(18)9-16-8-11(10-17)12-6-4-5-7-13(12)16/h4-7,10-11H,8-9H2,1-3H3. The number of esters is 1. The maximum absolute atomic E-state index is 11.9. The highest BCUT2D eigenvalue weighted by Gasteiger charge is 2.30. The van der Waals surface area contributed by atoms with Crippen molar-refractivity contribution >= 4 is 17.9 Å². The third kappa shape index (κ3) is 3.13. The van der Waals surface area contributed by atoms with E-state index in [0.29, 0.717) is 6.54 Å². The molecule has 1 aromatic rings. The maximum atomic E-state index is 11.9. The second-order valence-corrected chi connectivity index (χ2v) is 5.77. The van der Waals surface area contributed by atoms with Crippen LogP contribution in [0, 0.1) is 0 Å². The predicted octanol–water partition coefficient (Wildman–Crippen LogP) is 2.13. The van der Waals surface area contributed by atoms with E-state index >= 15 is 0 Å².